The predicted octanol–water partition coefficient (Wildman–Crippen LogP) is 3.17. The van der Waals surface area contributed by atoms with Gasteiger partial charge in [0.2, 0.25) is 10.0 Å². The largest absolute Gasteiger partial charge is 0.463 e. The molecule has 8 nitrogen and oxygen atoms in total. The fourth-order valence-electron chi connectivity index (χ4n) is 3.44. The summed E-state index contributed by atoms with van der Waals surface area (Å²) in [6, 6.07) is 5.55. The third-order valence-corrected chi connectivity index (χ3v) is 7.46. The zero-order valence-corrected chi connectivity index (χ0v) is 20.8. The van der Waals surface area contributed by atoms with Crippen molar-refractivity contribution in [1.29, 1.82) is 0 Å². The molecule has 4 rings (SSSR count). The van der Waals surface area contributed by atoms with Gasteiger partial charge in [0.25, 0.3) is 0 Å². The van der Waals surface area contributed by atoms with Crippen LogP contribution in [0.1, 0.15) is 18.4 Å². The number of rotatable bonds is 5. The van der Waals surface area contributed by atoms with Gasteiger partial charge in [0.15, 0.2) is 10.8 Å². The predicted molar refractivity (Wildman–Crippen MR) is 126 cm³/mol. The highest BCUT2D eigenvalue weighted by atomic mass is 35.5. The van der Waals surface area contributed by atoms with E-state index in [2.05, 4.69) is 9.98 Å². The number of sulfonamides is 1. The van der Waals surface area contributed by atoms with E-state index < -0.39 is 16.0 Å². The third-order valence-electron chi connectivity index (χ3n) is 5.11. The van der Waals surface area contributed by atoms with Crippen molar-refractivity contribution in [1.82, 2.24) is 14.2 Å². The smallest absolute Gasteiger partial charge is 0.337 e. The topological polar surface area (TPSA) is 92.2 Å². The molecule has 1 atom stereocenters. The minimum atomic E-state index is -3.33. The van der Waals surface area contributed by atoms with Crippen LogP contribution in [-0.4, -0.2) is 73.5 Å². The number of thiazole rings is 1. The quantitative estimate of drug-likeness (QED) is 0.569. The Morgan fingerprint density at radius 2 is 2.18 bits per heavy atom. The van der Waals surface area contributed by atoms with Crippen LogP contribution in [0, 0.1) is 5.82 Å². The van der Waals surface area contributed by atoms with Crippen molar-refractivity contribution in [2.45, 2.75) is 19.4 Å². The van der Waals surface area contributed by atoms with E-state index in [4.69, 9.17) is 16.3 Å². The van der Waals surface area contributed by atoms with Crippen LogP contribution in [0.2, 0.25) is 5.02 Å². The second-order valence-corrected chi connectivity index (χ2v) is 10.7. The third kappa shape index (κ3) is 6.17. The number of hydrogen-bond acceptors (Lipinski definition) is 8. The average Bonchev–Trinajstić information content (AvgIpc) is 3.42. The number of aromatic nitrogens is 1. The fourth-order valence-corrected chi connectivity index (χ4v) is 4.95. The molecule has 1 saturated heterocycles. The van der Waals surface area contributed by atoms with Crippen molar-refractivity contribution in [3.05, 3.63) is 63.0 Å². The van der Waals surface area contributed by atoms with Crippen LogP contribution < -0.4 is 0 Å². The summed E-state index contributed by atoms with van der Waals surface area (Å²) in [6.45, 7) is 2.68. The maximum absolute atomic E-state index is 12.3. The highest BCUT2D eigenvalue weighted by molar-refractivity contribution is 7.88. The normalized spacial score (nSPS) is 17.9. The van der Waals surface area contributed by atoms with Crippen LogP contribution >= 0.6 is 22.9 Å². The zero-order valence-electron chi connectivity index (χ0n) is 18.4. The van der Waals surface area contributed by atoms with Gasteiger partial charge in [-0.2, -0.15) is 4.31 Å². The number of fused-ring (bicyclic) bond motifs is 1. The lowest BCUT2D eigenvalue weighted by atomic mass is 10.1. The Hall–Kier alpha value is -2.34. The first kappa shape index (κ1) is 25.3. The molecule has 2 aliphatic rings. The summed E-state index contributed by atoms with van der Waals surface area (Å²) in [7, 11) is -1.77. The number of hydrogen-bond donors (Lipinski definition) is 0. The Balaban J connectivity index is 0.000000323. The molecule has 1 unspecified atom stereocenters. The number of aliphatic imine (C=N–C) groups is 1. The average molecular weight is 515 g/mol. The lowest BCUT2D eigenvalue weighted by Gasteiger charge is -2.27. The molecule has 0 amide bonds. The number of amidine groups is 1. The van der Waals surface area contributed by atoms with Gasteiger partial charge in [0.1, 0.15) is 5.82 Å². The van der Waals surface area contributed by atoms with Gasteiger partial charge >= 0.3 is 5.97 Å². The SMILES string of the molecule is CCOC(=O)C1=C2CC(N(C)S(C)(=O)=O)CN2C(c2nccs2)=NC1.Fc1cccc(Cl)c1. The summed E-state index contributed by atoms with van der Waals surface area (Å²) < 4.78 is 42.4. The molecular weight excluding hydrogens is 491 g/mol. The molecule has 1 aromatic heterocycles. The Labute approximate surface area is 201 Å². The Bertz CT molecular complexity index is 1150. The maximum atomic E-state index is 12.3. The van der Waals surface area contributed by atoms with Gasteiger partial charge in [-0.1, -0.05) is 17.7 Å². The number of likely N-dealkylation sites (N-methyl/N-ethyl adjacent to an activating group) is 1. The van der Waals surface area contributed by atoms with E-state index >= 15 is 0 Å². The summed E-state index contributed by atoms with van der Waals surface area (Å²) in [4.78, 5) is 23.0. The molecule has 12 heteroatoms. The summed E-state index contributed by atoms with van der Waals surface area (Å²) in [5, 5.41) is 3.05. The lowest BCUT2D eigenvalue weighted by molar-refractivity contribution is -0.138. The summed E-state index contributed by atoms with van der Waals surface area (Å²) in [5.74, 6) is -0.00736. The van der Waals surface area contributed by atoms with E-state index in [1.807, 2.05) is 10.3 Å². The highest BCUT2D eigenvalue weighted by Crippen LogP contribution is 2.33. The van der Waals surface area contributed by atoms with E-state index in [1.165, 1.54) is 34.0 Å². The molecule has 1 fully saturated rings. The zero-order chi connectivity index (χ0) is 24.2. The van der Waals surface area contributed by atoms with E-state index in [0.29, 0.717) is 29.4 Å². The molecule has 0 bridgehead atoms. The first-order chi connectivity index (χ1) is 15.6. The van der Waals surface area contributed by atoms with Crippen LogP contribution in [0.15, 0.2) is 52.1 Å². The van der Waals surface area contributed by atoms with Gasteiger partial charge in [-0.05, 0) is 25.1 Å². The van der Waals surface area contributed by atoms with Crippen molar-refractivity contribution in [2.75, 3.05) is 33.0 Å². The minimum Gasteiger partial charge on any atom is -0.463 e. The number of carbonyl (C=O) groups excluding carboxylic acids is 1. The van der Waals surface area contributed by atoms with Crippen LogP contribution in [0.5, 0.6) is 0 Å². The van der Waals surface area contributed by atoms with E-state index in [1.54, 1.807) is 32.3 Å². The first-order valence-corrected chi connectivity index (χ1v) is 13.2. The van der Waals surface area contributed by atoms with Crippen LogP contribution in [0.4, 0.5) is 4.39 Å². The molecule has 2 aliphatic heterocycles. The van der Waals surface area contributed by atoms with Crippen molar-refractivity contribution in [3.63, 3.8) is 0 Å². The van der Waals surface area contributed by atoms with Crippen molar-refractivity contribution in [2.24, 2.45) is 4.99 Å². The molecule has 0 spiro atoms. The molecule has 178 valence electrons. The molecule has 2 aromatic rings. The van der Waals surface area contributed by atoms with Gasteiger partial charge in [0, 0.05) is 48.4 Å². The van der Waals surface area contributed by atoms with E-state index in [9.17, 15) is 17.6 Å². The Morgan fingerprint density at radius 1 is 1.42 bits per heavy atom. The van der Waals surface area contributed by atoms with Crippen LogP contribution in [0.3, 0.4) is 0 Å². The van der Waals surface area contributed by atoms with E-state index in [-0.39, 0.29) is 25.0 Å². The lowest BCUT2D eigenvalue weighted by Crippen LogP contribution is -2.40. The molecule has 0 N–H and O–H groups in total. The molecule has 33 heavy (non-hydrogen) atoms. The first-order valence-electron chi connectivity index (χ1n) is 10.1. The van der Waals surface area contributed by atoms with Crippen molar-refractivity contribution < 1.29 is 22.3 Å². The van der Waals surface area contributed by atoms with Crippen molar-refractivity contribution >= 4 is 44.8 Å². The second-order valence-electron chi connectivity index (χ2n) is 7.31. The number of ether oxygens (including phenoxy) is 1. The van der Waals surface area contributed by atoms with Crippen LogP contribution in [0.25, 0.3) is 0 Å². The number of halogens is 2. The standard InChI is InChI=1S/C15H20N4O4S2.C6H4ClF/c1-4-23-15(20)11-8-17-13(14-16-5-6-24-14)19-9-10(7-12(11)19)18(2)25(3,21)22;7-5-2-1-3-6(8)4-5/h5-6,10H,4,7-9H2,1-3H3;1-4H. The fraction of sp³-hybridized carbons (Fsp3) is 0.381. The highest BCUT2D eigenvalue weighted by Gasteiger charge is 2.40. The Kier molecular flexibility index (Phi) is 8.22. The second kappa shape index (κ2) is 10.7. The summed E-state index contributed by atoms with van der Waals surface area (Å²) >= 11 is 6.86. The summed E-state index contributed by atoms with van der Waals surface area (Å²) in [6.07, 6.45) is 3.33. The molecule has 0 radical (unpaired) electrons. The number of benzene rings is 1. The molecule has 1 aromatic carbocycles. The number of esters is 1. The number of nitrogens with zero attached hydrogens (tertiary/aromatic N) is 4. The van der Waals surface area contributed by atoms with Gasteiger partial charge in [-0.15, -0.1) is 11.3 Å². The molecule has 3 heterocycles. The van der Waals surface area contributed by atoms with Gasteiger partial charge in [-0.25, -0.2) is 22.6 Å². The maximum Gasteiger partial charge on any atom is 0.337 e. The van der Waals surface area contributed by atoms with E-state index in [0.717, 1.165) is 10.7 Å². The van der Waals surface area contributed by atoms with Crippen LogP contribution in [-0.2, 0) is 19.6 Å². The summed E-state index contributed by atoms with van der Waals surface area (Å²) in [5.41, 5.74) is 1.27. The molecule has 0 aliphatic carbocycles. The van der Waals surface area contributed by atoms with Gasteiger partial charge in [0.05, 0.1) is 25.0 Å². The monoisotopic (exact) mass is 514 g/mol. The van der Waals surface area contributed by atoms with Gasteiger partial charge < -0.3 is 9.64 Å². The van der Waals surface area contributed by atoms with Crippen molar-refractivity contribution in [3.8, 4) is 0 Å². The molecule has 0 saturated carbocycles. The van der Waals surface area contributed by atoms with Gasteiger partial charge in [-0.3, -0.25) is 4.99 Å². The molecular formula is C21H24ClFN4O4S2. The minimum absolute atomic E-state index is 0.217. The number of carbonyl (C=O) groups is 1. The Morgan fingerprint density at radius 3 is 2.73 bits per heavy atom.